The molecule has 0 bridgehead atoms. The van der Waals surface area contributed by atoms with Gasteiger partial charge in [0.25, 0.3) is 0 Å². The summed E-state index contributed by atoms with van der Waals surface area (Å²) in [6, 6.07) is 4.17. The van der Waals surface area contributed by atoms with Crippen LogP contribution in [-0.2, 0) is 6.42 Å². The van der Waals surface area contributed by atoms with E-state index in [4.69, 9.17) is 0 Å². The Morgan fingerprint density at radius 2 is 2.23 bits per heavy atom. The third kappa shape index (κ3) is 2.32. The Bertz CT molecular complexity index is 237. The largest absolute Gasteiger partial charge is 0.392 e. The zero-order chi connectivity index (χ0) is 9.10. The van der Waals surface area contributed by atoms with Crippen molar-refractivity contribution in [1.82, 2.24) is 0 Å². The molecule has 72 valence electrons. The van der Waals surface area contributed by atoms with Crippen LogP contribution in [0, 0.1) is 5.92 Å². The Kier molecular flexibility index (Phi) is 3.01. The van der Waals surface area contributed by atoms with Crippen molar-refractivity contribution in [2.75, 3.05) is 0 Å². The maximum atomic E-state index is 9.93. The van der Waals surface area contributed by atoms with Crippen LogP contribution in [0.1, 0.15) is 30.6 Å². The highest BCUT2D eigenvalue weighted by Crippen LogP contribution is 2.29. The third-order valence-corrected chi connectivity index (χ3v) is 3.83. The lowest BCUT2D eigenvalue weighted by Crippen LogP contribution is -2.19. The van der Waals surface area contributed by atoms with Gasteiger partial charge in [-0.05, 0) is 30.2 Å². The van der Waals surface area contributed by atoms with Crippen LogP contribution in [0.5, 0.6) is 0 Å². The van der Waals surface area contributed by atoms with Gasteiger partial charge in [0, 0.05) is 11.3 Å². The molecule has 1 heterocycles. The summed E-state index contributed by atoms with van der Waals surface area (Å²) in [4.78, 5) is 1.32. The van der Waals surface area contributed by atoms with Crippen molar-refractivity contribution in [3.8, 4) is 0 Å². The van der Waals surface area contributed by atoms with Crippen LogP contribution >= 0.6 is 11.3 Å². The second-order valence-corrected chi connectivity index (χ2v) is 4.93. The number of aliphatic hydroxyl groups is 1. The monoisotopic (exact) mass is 196 g/mol. The fraction of sp³-hybridized carbons (Fsp3) is 0.636. The van der Waals surface area contributed by atoms with Gasteiger partial charge >= 0.3 is 0 Å². The average molecular weight is 196 g/mol. The minimum atomic E-state index is -0.0962. The van der Waals surface area contributed by atoms with Crippen molar-refractivity contribution >= 4 is 11.3 Å². The van der Waals surface area contributed by atoms with E-state index in [1.165, 1.54) is 30.6 Å². The quantitative estimate of drug-likeness (QED) is 0.788. The molecule has 1 aromatic rings. The third-order valence-electron chi connectivity index (χ3n) is 2.93. The Hall–Kier alpha value is -0.340. The fourth-order valence-electron chi connectivity index (χ4n) is 2.14. The molecule has 2 rings (SSSR count). The molecule has 1 nitrogen and oxygen atoms in total. The Morgan fingerprint density at radius 1 is 1.46 bits per heavy atom. The van der Waals surface area contributed by atoms with E-state index in [-0.39, 0.29) is 6.10 Å². The fourth-order valence-corrected chi connectivity index (χ4v) is 2.90. The van der Waals surface area contributed by atoms with E-state index in [1.807, 2.05) is 0 Å². The minimum absolute atomic E-state index is 0.0962. The van der Waals surface area contributed by atoms with E-state index < -0.39 is 0 Å². The molecule has 2 heteroatoms. The molecule has 0 spiro atoms. The second-order valence-electron chi connectivity index (χ2n) is 3.90. The normalized spacial score (nSPS) is 20.7. The molecule has 1 saturated carbocycles. The van der Waals surface area contributed by atoms with Gasteiger partial charge in [0.15, 0.2) is 0 Å². The van der Waals surface area contributed by atoms with Crippen molar-refractivity contribution in [1.29, 1.82) is 0 Å². The van der Waals surface area contributed by atoms with Crippen LogP contribution in [0.3, 0.4) is 0 Å². The maximum absolute atomic E-state index is 9.93. The number of rotatable bonds is 3. The molecule has 0 radical (unpaired) electrons. The van der Waals surface area contributed by atoms with Gasteiger partial charge in [-0.15, -0.1) is 11.3 Å². The summed E-state index contributed by atoms with van der Waals surface area (Å²) in [7, 11) is 0. The smallest absolute Gasteiger partial charge is 0.0616 e. The zero-order valence-corrected chi connectivity index (χ0v) is 8.59. The van der Waals surface area contributed by atoms with Crippen molar-refractivity contribution in [3.63, 3.8) is 0 Å². The van der Waals surface area contributed by atoms with Crippen molar-refractivity contribution in [3.05, 3.63) is 22.4 Å². The predicted molar refractivity (Wildman–Crippen MR) is 56.0 cm³/mol. The van der Waals surface area contributed by atoms with Gasteiger partial charge in [-0.2, -0.15) is 0 Å². The van der Waals surface area contributed by atoms with Gasteiger partial charge in [0.1, 0.15) is 0 Å². The molecule has 1 fully saturated rings. The first-order chi connectivity index (χ1) is 6.36. The summed E-state index contributed by atoms with van der Waals surface area (Å²) >= 11 is 1.75. The highest BCUT2D eigenvalue weighted by Gasteiger charge is 2.23. The second kappa shape index (κ2) is 4.25. The SMILES string of the molecule is OC(Cc1cccs1)C1CCCC1. The number of aliphatic hydroxyl groups excluding tert-OH is 1. The van der Waals surface area contributed by atoms with Gasteiger partial charge in [-0.3, -0.25) is 0 Å². The molecule has 1 unspecified atom stereocenters. The summed E-state index contributed by atoms with van der Waals surface area (Å²) in [5, 5.41) is 12.0. The molecule has 0 aliphatic heterocycles. The highest BCUT2D eigenvalue weighted by atomic mass is 32.1. The van der Waals surface area contributed by atoms with Gasteiger partial charge in [-0.25, -0.2) is 0 Å². The van der Waals surface area contributed by atoms with E-state index in [1.54, 1.807) is 11.3 Å². The Morgan fingerprint density at radius 3 is 2.85 bits per heavy atom. The molecule has 1 aliphatic carbocycles. The van der Waals surface area contributed by atoms with Gasteiger partial charge in [-0.1, -0.05) is 18.9 Å². The Labute approximate surface area is 83.4 Å². The molecule has 1 N–H and O–H groups in total. The highest BCUT2D eigenvalue weighted by molar-refractivity contribution is 7.09. The Balaban J connectivity index is 1.87. The molecule has 1 atom stereocenters. The van der Waals surface area contributed by atoms with E-state index in [0.29, 0.717) is 5.92 Å². The maximum Gasteiger partial charge on any atom is 0.0616 e. The van der Waals surface area contributed by atoms with Crippen molar-refractivity contribution < 1.29 is 5.11 Å². The molecule has 13 heavy (non-hydrogen) atoms. The molecule has 1 aliphatic rings. The molecule has 1 aromatic heterocycles. The van der Waals surface area contributed by atoms with Gasteiger partial charge < -0.3 is 5.11 Å². The first-order valence-corrected chi connectivity index (χ1v) is 5.94. The van der Waals surface area contributed by atoms with Gasteiger partial charge in [0.05, 0.1) is 6.10 Å². The molecular formula is C11H16OS. The predicted octanol–water partition coefficient (Wildman–Crippen LogP) is 2.84. The average Bonchev–Trinajstić information content (AvgIpc) is 2.74. The lowest BCUT2D eigenvalue weighted by atomic mass is 9.98. The van der Waals surface area contributed by atoms with Crippen LogP contribution in [-0.4, -0.2) is 11.2 Å². The first-order valence-electron chi connectivity index (χ1n) is 5.06. The lowest BCUT2D eigenvalue weighted by molar-refractivity contribution is 0.112. The van der Waals surface area contributed by atoms with E-state index >= 15 is 0 Å². The van der Waals surface area contributed by atoms with Crippen molar-refractivity contribution in [2.45, 2.75) is 38.2 Å². The first kappa shape index (κ1) is 9.22. The summed E-state index contributed by atoms with van der Waals surface area (Å²) < 4.78 is 0. The molecule has 0 aromatic carbocycles. The molecular weight excluding hydrogens is 180 g/mol. The van der Waals surface area contributed by atoms with Crippen LogP contribution < -0.4 is 0 Å². The number of thiophene rings is 1. The zero-order valence-electron chi connectivity index (χ0n) is 7.78. The summed E-state index contributed by atoms with van der Waals surface area (Å²) in [6.07, 6.45) is 5.85. The number of hydrogen-bond donors (Lipinski definition) is 1. The van der Waals surface area contributed by atoms with E-state index in [2.05, 4.69) is 17.5 Å². The summed E-state index contributed by atoms with van der Waals surface area (Å²) in [5.74, 6) is 0.571. The van der Waals surface area contributed by atoms with Crippen LogP contribution in [0.2, 0.25) is 0 Å². The van der Waals surface area contributed by atoms with E-state index in [0.717, 1.165) is 6.42 Å². The van der Waals surface area contributed by atoms with Gasteiger partial charge in [0.2, 0.25) is 0 Å². The molecule has 0 amide bonds. The summed E-state index contributed by atoms with van der Waals surface area (Å²) in [5.41, 5.74) is 0. The van der Waals surface area contributed by atoms with Crippen LogP contribution in [0.4, 0.5) is 0 Å². The van der Waals surface area contributed by atoms with Crippen molar-refractivity contribution in [2.24, 2.45) is 5.92 Å². The van der Waals surface area contributed by atoms with Crippen LogP contribution in [0.25, 0.3) is 0 Å². The summed E-state index contributed by atoms with van der Waals surface area (Å²) in [6.45, 7) is 0. The standard InChI is InChI=1S/C11H16OS/c12-11(9-4-1-2-5-9)8-10-6-3-7-13-10/h3,6-7,9,11-12H,1-2,4-5,8H2. The molecule has 0 saturated heterocycles. The number of hydrogen-bond acceptors (Lipinski definition) is 2. The lowest BCUT2D eigenvalue weighted by Gasteiger charge is -2.16. The minimum Gasteiger partial charge on any atom is -0.392 e. The van der Waals surface area contributed by atoms with E-state index in [9.17, 15) is 5.11 Å². The van der Waals surface area contributed by atoms with Crippen LogP contribution in [0.15, 0.2) is 17.5 Å². The topological polar surface area (TPSA) is 20.2 Å².